The molecule has 0 amide bonds. The van der Waals surface area contributed by atoms with E-state index in [1.165, 1.54) is 0 Å². The summed E-state index contributed by atoms with van der Waals surface area (Å²) in [6.07, 6.45) is 4.83. The SMILES string of the molecule is C#CCONCCO. The van der Waals surface area contributed by atoms with Gasteiger partial charge in [-0.3, -0.25) is 4.84 Å². The maximum absolute atomic E-state index is 8.17. The molecule has 0 unspecified atom stereocenters. The summed E-state index contributed by atoms with van der Waals surface area (Å²) in [5, 5.41) is 8.17. The lowest BCUT2D eigenvalue weighted by Gasteiger charge is -1.96. The summed E-state index contributed by atoms with van der Waals surface area (Å²) in [6.45, 7) is 0.715. The molecule has 3 heteroatoms. The molecule has 0 fully saturated rings. The predicted octanol–water partition coefficient (Wildman–Crippen LogP) is -0.867. The van der Waals surface area contributed by atoms with Gasteiger partial charge in [-0.15, -0.1) is 6.42 Å². The average Bonchev–Trinajstić information content (AvgIpc) is 1.81. The van der Waals surface area contributed by atoms with E-state index in [4.69, 9.17) is 11.5 Å². The van der Waals surface area contributed by atoms with Gasteiger partial charge in [0.25, 0.3) is 0 Å². The van der Waals surface area contributed by atoms with Gasteiger partial charge in [-0.1, -0.05) is 5.92 Å². The Hall–Kier alpha value is -0.560. The van der Waals surface area contributed by atoms with E-state index in [0.29, 0.717) is 6.54 Å². The molecule has 2 N–H and O–H groups in total. The van der Waals surface area contributed by atoms with Crippen LogP contribution in [0.3, 0.4) is 0 Å². The second-order valence-corrected chi connectivity index (χ2v) is 1.11. The maximum atomic E-state index is 8.17. The van der Waals surface area contributed by atoms with E-state index < -0.39 is 0 Å². The highest BCUT2D eigenvalue weighted by Gasteiger charge is 1.78. The molecule has 0 aromatic rings. The molecular weight excluding hydrogens is 106 g/mol. The van der Waals surface area contributed by atoms with E-state index in [-0.39, 0.29) is 13.2 Å². The first kappa shape index (κ1) is 7.44. The van der Waals surface area contributed by atoms with Crippen molar-refractivity contribution in [1.29, 1.82) is 0 Å². The van der Waals surface area contributed by atoms with E-state index >= 15 is 0 Å². The van der Waals surface area contributed by atoms with Gasteiger partial charge in [0.1, 0.15) is 6.61 Å². The first-order chi connectivity index (χ1) is 3.91. The number of hydrogen-bond acceptors (Lipinski definition) is 3. The third-order valence-electron chi connectivity index (χ3n) is 0.471. The van der Waals surface area contributed by atoms with Crippen LogP contribution in [0.2, 0.25) is 0 Å². The highest BCUT2D eigenvalue weighted by atomic mass is 16.6. The van der Waals surface area contributed by atoms with Crippen molar-refractivity contribution in [3.05, 3.63) is 0 Å². The lowest BCUT2D eigenvalue weighted by Crippen LogP contribution is -2.18. The molecule has 0 radical (unpaired) electrons. The van der Waals surface area contributed by atoms with Gasteiger partial charge in [0.2, 0.25) is 0 Å². The molecule has 0 saturated carbocycles. The van der Waals surface area contributed by atoms with Gasteiger partial charge in [0.15, 0.2) is 0 Å². The van der Waals surface area contributed by atoms with Gasteiger partial charge in [-0.2, -0.15) is 5.48 Å². The van der Waals surface area contributed by atoms with Crippen LogP contribution in [0.25, 0.3) is 0 Å². The maximum Gasteiger partial charge on any atom is 0.128 e. The monoisotopic (exact) mass is 115 g/mol. The van der Waals surface area contributed by atoms with E-state index in [2.05, 4.69) is 16.2 Å². The fraction of sp³-hybridized carbons (Fsp3) is 0.600. The van der Waals surface area contributed by atoms with Crippen LogP contribution in [-0.4, -0.2) is 24.9 Å². The Morgan fingerprint density at radius 2 is 2.50 bits per heavy atom. The summed E-state index contributed by atoms with van der Waals surface area (Å²) in [5.74, 6) is 2.26. The molecule has 0 saturated heterocycles. The first-order valence-corrected chi connectivity index (χ1v) is 2.30. The third kappa shape index (κ3) is 5.44. The molecule has 3 nitrogen and oxygen atoms in total. The van der Waals surface area contributed by atoms with Crippen LogP contribution in [-0.2, 0) is 4.84 Å². The molecule has 46 valence electrons. The van der Waals surface area contributed by atoms with Crippen molar-refractivity contribution in [2.45, 2.75) is 0 Å². The summed E-state index contributed by atoms with van der Waals surface area (Å²) < 4.78 is 0. The molecule has 0 bridgehead atoms. The number of aliphatic hydroxyl groups is 1. The van der Waals surface area contributed by atoms with Crippen LogP contribution in [0.5, 0.6) is 0 Å². The lowest BCUT2D eigenvalue weighted by molar-refractivity contribution is 0.0551. The molecule has 0 aliphatic rings. The highest BCUT2D eigenvalue weighted by molar-refractivity contribution is 4.82. The van der Waals surface area contributed by atoms with Crippen molar-refractivity contribution in [2.75, 3.05) is 19.8 Å². The fourth-order valence-corrected chi connectivity index (χ4v) is 0.211. The van der Waals surface area contributed by atoms with Crippen molar-refractivity contribution < 1.29 is 9.94 Å². The van der Waals surface area contributed by atoms with Crippen molar-refractivity contribution in [2.24, 2.45) is 0 Å². The Morgan fingerprint density at radius 1 is 1.75 bits per heavy atom. The van der Waals surface area contributed by atoms with E-state index in [0.717, 1.165) is 0 Å². The molecule has 0 aromatic carbocycles. The fourth-order valence-electron chi connectivity index (χ4n) is 0.211. The second-order valence-electron chi connectivity index (χ2n) is 1.11. The van der Waals surface area contributed by atoms with Crippen LogP contribution >= 0.6 is 0 Å². The van der Waals surface area contributed by atoms with E-state index in [1.807, 2.05) is 0 Å². The number of hydroxylamine groups is 1. The van der Waals surface area contributed by atoms with Crippen LogP contribution in [0, 0.1) is 12.3 Å². The van der Waals surface area contributed by atoms with E-state index in [9.17, 15) is 0 Å². The van der Waals surface area contributed by atoms with Gasteiger partial charge in [0, 0.05) is 6.54 Å². The third-order valence-corrected chi connectivity index (χ3v) is 0.471. The summed E-state index contributed by atoms with van der Waals surface area (Å²) in [4.78, 5) is 4.58. The number of hydrogen-bond donors (Lipinski definition) is 2. The van der Waals surface area contributed by atoms with Crippen molar-refractivity contribution in [3.63, 3.8) is 0 Å². The molecule has 0 heterocycles. The van der Waals surface area contributed by atoms with Gasteiger partial charge in [-0.05, 0) is 0 Å². The number of terminal acetylenes is 1. The standard InChI is InChI=1S/C5H9NO2/c1-2-5-8-6-3-4-7/h1,6-7H,3-5H2. The molecule has 0 aliphatic carbocycles. The van der Waals surface area contributed by atoms with Crippen LogP contribution in [0.15, 0.2) is 0 Å². The zero-order valence-corrected chi connectivity index (χ0v) is 4.55. The first-order valence-electron chi connectivity index (χ1n) is 2.30. The summed E-state index contributed by atoms with van der Waals surface area (Å²) in [7, 11) is 0. The van der Waals surface area contributed by atoms with Crippen molar-refractivity contribution in [1.82, 2.24) is 5.48 Å². The quantitative estimate of drug-likeness (QED) is 0.284. The number of aliphatic hydroxyl groups excluding tert-OH is 1. The summed E-state index contributed by atoms with van der Waals surface area (Å²) in [6, 6.07) is 0. The predicted molar refractivity (Wildman–Crippen MR) is 29.9 cm³/mol. The second kappa shape index (κ2) is 6.44. The zero-order valence-electron chi connectivity index (χ0n) is 4.55. The van der Waals surface area contributed by atoms with Gasteiger partial charge in [-0.25, -0.2) is 0 Å². The topological polar surface area (TPSA) is 41.5 Å². The largest absolute Gasteiger partial charge is 0.395 e. The zero-order chi connectivity index (χ0) is 6.24. The van der Waals surface area contributed by atoms with Crippen LogP contribution < -0.4 is 5.48 Å². The number of nitrogens with one attached hydrogen (secondary N) is 1. The van der Waals surface area contributed by atoms with Gasteiger partial charge < -0.3 is 5.11 Å². The van der Waals surface area contributed by atoms with E-state index in [1.54, 1.807) is 0 Å². The molecular formula is C5H9NO2. The Morgan fingerprint density at radius 3 is 3.00 bits per heavy atom. The molecule has 8 heavy (non-hydrogen) atoms. The van der Waals surface area contributed by atoms with Crippen molar-refractivity contribution >= 4 is 0 Å². The minimum Gasteiger partial charge on any atom is -0.395 e. The minimum atomic E-state index is 0.0601. The minimum absolute atomic E-state index is 0.0601. The lowest BCUT2D eigenvalue weighted by atomic mass is 10.7. The smallest absolute Gasteiger partial charge is 0.128 e. The molecule has 0 spiro atoms. The van der Waals surface area contributed by atoms with Crippen LogP contribution in [0.1, 0.15) is 0 Å². The molecule has 0 aliphatic heterocycles. The summed E-state index contributed by atoms with van der Waals surface area (Å²) >= 11 is 0. The Bertz CT molecular complexity index is 77.0. The molecule has 0 aromatic heterocycles. The van der Waals surface area contributed by atoms with Crippen molar-refractivity contribution in [3.8, 4) is 12.3 Å². The molecule has 0 atom stereocenters. The Kier molecular flexibility index (Phi) is 5.99. The normalized spacial score (nSPS) is 8.50. The van der Waals surface area contributed by atoms with Gasteiger partial charge in [0.05, 0.1) is 6.61 Å². The highest BCUT2D eigenvalue weighted by Crippen LogP contribution is 1.61. The Balaban J connectivity index is 2.65. The van der Waals surface area contributed by atoms with Gasteiger partial charge >= 0.3 is 0 Å². The average molecular weight is 115 g/mol. The molecule has 0 rings (SSSR count). The number of rotatable bonds is 4. The summed E-state index contributed by atoms with van der Waals surface area (Å²) in [5.41, 5.74) is 2.44. The van der Waals surface area contributed by atoms with Crippen LogP contribution in [0.4, 0.5) is 0 Å². The Labute approximate surface area is 48.6 Å².